The number of phenols is 1. The second kappa shape index (κ2) is 5.27. The Morgan fingerprint density at radius 3 is 2.35 bits per heavy atom. The van der Waals surface area contributed by atoms with Gasteiger partial charge in [-0.15, -0.1) is 0 Å². The first kappa shape index (κ1) is 13.2. The summed E-state index contributed by atoms with van der Waals surface area (Å²) in [5, 5.41) is 10.0. The fourth-order valence-electron chi connectivity index (χ4n) is 2.89. The van der Waals surface area contributed by atoms with Gasteiger partial charge in [-0.3, -0.25) is 0 Å². The summed E-state index contributed by atoms with van der Waals surface area (Å²) < 4.78 is 6.24. The number of para-hydroxylation sites is 1. The zero-order valence-corrected chi connectivity index (χ0v) is 11.8. The van der Waals surface area contributed by atoms with Crippen LogP contribution in [0.5, 0.6) is 5.75 Å². The van der Waals surface area contributed by atoms with Crippen molar-refractivity contribution in [1.29, 1.82) is 0 Å². The van der Waals surface area contributed by atoms with Crippen molar-refractivity contribution in [3.8, 4) is 5.75 Å². The van der Waals surface area contributed by atoms with Gasteiger partial charge in [0.1, 0.15) is 17.9 Å². The number of benzene rings is 2. The Bertz CT molecular complexity index is 585. The molecular weight excluding hydrogens is 250 g/mol. The zero-order chi connectivity index (χ0) is 14.1. The molecule has 2 N–H and O–H groups in total. The number of phenolic OH excluding ortho intramolecular Hbond substituents is 1. The Balaban J connectivity index is 1.91. The minimum absolute atomic E-state index is 0.0563. The molecule has 0 bridgehead atoms. The highest BCUT2D eigenvalue weighted by Gasteiger charge is 2.43. The van der Waals surface area contributed by atoms with Gasteiger partial charge in [0.05, 0.1) is 12.6 Å². The van der Waals surface area contributed by atoms with Crippen LogP contribution in [-0.4, -0.2) is 18.2 Å². The highest BCUT2D eigenvalue weighted by atomic mass is 16.5. The third kappa shape index (κ3) is 2.19. The van der Waals surface area contributed by atoms with Gasteiger partial charge >= 0.3 is 0 Å². The van der Waals surface area contributed by atoms with E-state index >= 15 is 0 Å². The summed E-state index contributed by atoms with van der Waals surface area (Å²) in [7, 11) is 2.12. The average Bonchev–Trinajstić information content (AvgIpc) is 2.77. The SMILES string of the molecule is C[C@H]1[C@H](c2ccccc2)O[C@H](c2ccccc2O)[NH+]1C. The fraction of sp³-hybridized carbons (Fsp3) is 0.294. The molecule has 1 heterocycles. The molecule has 1 aliphatic rings. The monoisotopic (exact) mass is 270 g/mol. The lowest BCUT2D eigenvalue weighted by Crippen LogP contribution is -3.10. The van der Waals surface area contributed by atoms with Gasteiger partial charge in [-0.1, -0.05) is 42.5 Å². The second-order valence-electron chi connectivity index (χ2n) is 5.44. The van der Waals surface area contributed by atoms with Gasteiger partial charge in [0, 0.05) is 0 Å². The van der Waals surface area contributed by atoms with E-state index in [1.807, 2.05) is 36.4 Å². The highest BCUT2D eigenvalue weighted by Crippen LogP contribution is 2.33. The summed E-state index contributed by atoms with van der Waals surface area (Å²) in [5.41, 5.74) is 2.05. The third-order valence-electron chi connectivity index (χ3n) is 4.22. The third-order valence-corrected chi connectivity index (χ3v) is 4.22. The van der Waals surface area contributed by atoms with Gasteiger partial charge in [-0.2, -0.15) is 0 Å². The van der Waals surface area contributed by atoms with E-state index in [0.717, 1.165) is 5.56 Å². The summed E-state index contributed by atoms with van der Waals surface area (Å²) in [6.07, 6.45) is -0.0720. The molecule has 2 aromatic rings. The van der Waals surface area contributed by atoms with E-state index < -0.39 is 0 Å². The van der Waals surface area contributed by atoms with Crippen molar-refractivity contribution < 1.29 is 14.7 Å². The quantitative estimate of drug-likeness (QED) is 0.876. The van der Waals surface area contributed by atoms with Gasteiger partial charge < -0.3 is 14.7 Å². The molecule has 1 fully saturated rings. The molecule has 3 nitrogen and oxygen atoms in total. The highest BCUT2D eigenvalue weighted by molar-refractivity contribution is 5.33. The maximum Gasteiger partial charge on any atom is 0.223 e. The predicted octanol–water partition coefficient (Wildman–Crippen LogP) is 2.07. The summed E-state index contributed by atoms with van der Waals surface area (Å²) in [4.78, 5) is 1.26. The first-order valence-electron chi connectivity index (χ1n) is 7.00. The molecule has 0 saturated carbocycles. The molecule has 0 radical (unpaired) electrons. The number of rotatable bonds is 2. The van der Waals surface area contributed by atoms with Gasteiger partial charge in [0.15, 0.2) is 0 Å². The number of ether oxygens (including phenoxy) is 1. The Kier molecular flexibility index (Phi) is 3.47. The molecule has 1 saturated heterocycles. The Hall–Kier alpha value is -1.84. The molecule has 0 spiro atoms. The summed E-state index contributed by atoms with van der Waals surface area (Å²) in [6.45, 7) is 2.19. The number of hydrogen-bond donors (Lipinski definition) is 2. The zero-order valence-electron chi connectivity index (χ0n) is 11.8. The van der Waals surface area contributed by atoms with Gasteiger partial charge in [-0.25, -0.2) is 0 Å². The van der Waals surface area contributed by atoms with E-state index in [0.29, 0.717) is 11.8 Å². The first-order chi connectivity index (χ1) is 9.68. The molecule has 0 aliphatic carbocycles. The van der Waals surface area contributed by atoms with E-state index in [1.165, 1.54) is 10.5 Å². The van der Waals surface area contributed by atoms with Crippen molar-refractivity contribution in [2.75, 3.05) is 7.05 Å². The molecule has 1 aliphatic heterocycles. The standard InChI is InChI=1S/C17H19NO2/c1-12-16(13-8-4-3-5-9-13)20-17(18(12)2)14-10-6-7-11-15(14)19/h3-12,16-17,19H,1-2H3/p+1/t12-,16+,17+/m0/s1. The van der Waals surface area contributed by atoms with Gasteiger partial charge in [0.25, 0.3) is 0 Å². The maximum atomic E-state index is 10.0. The minimum atomic E-state index is -0.128. The number of likely N-dealkylation sites (N-methyl/N-ethyl adjacent to an activating group) is 1. The molecule has 0 amide bonds. The second-order valence-corrected chi connectivity index (χ2v) is 5.44. The van der Waals surface area contributed by atoms with Crippen molar-refractivity contribution in [2.24, 2.45) is 0 Å². The van der Waals surface area contributed by atoms with Crippen LogP contribution in [0, 0.1) is 0 Å². The minimum Gasteiger partial charge on any atom is -0.507 e. The van der Waals surface area contributed by atoms with Crippen molar-refractivity contribution >= 4 is 0 Å². The van der Waals surface area contributed by atoms with Crippen LogP contribution < -0.4 is 4.90 Å². The van der Waals surface area contributed by atoms with Crippen LogP contribution in [0.25, 0.3) is 0 Å². The lowest BCUT2D eigenvalue weighted by atomic mass is 10.0. The largest absolute Gasteiger partial charge is 0.507 e. The van der Waals surface area contributed by atoms with Crippen molar-refractivity contribution in [3.63, 3.8) is 0 Å². The molecule has 2 aromatic carbocycles. The smallest absolute Gasteiger partial charge is 0.223 e. The molecule has 3 heteroatoms. The fourth-order valence-corrected chi connectivity index (χ4v) is 2.89. The summed E-state index contributed by atoms with van der Waals surface area (Å²) >= 11 is 0. The molecular formula is C17H20NO2+. The van der Waals surface area contributed by atoms with Gasteiger partial charge in [0.2, 0.25) is 6.23 Å². The molecule has 20 heavy (non-hydrogen) atoms. The van der Waals surface area contributed by atoms with Crippen LogP contribution in [0.2, 0.25) is 0 Å². The van der Waals surface area contributed by atoms with E-state index in [-0.39, 0.29) is 12.3 Å². The summed E-state index contributed by atoms with van der Waals surface area (Å²) in [5.74, 6) is 0.303. The Morgan fingerprint density at radius 2 is 1.65 bits per heavy atom. The Labute approximate surface area is 119 Å². The first-order valence-corrected chi connectivity index (χ1v) is 7.00. The van der Waals surface area contributed by atoms with Crippen LogP contribution in [0.3, 0.4) is 0 Å². The number of hydrogen-bond acceptors (Lipinski definition) is 2. The topological polar surface area (TPSA) is 33.9 Å². The normalized spacial score (nSPS) is 29.5. The van der Waals surface area contributed by atoms with E-state index in [1.54, 1.807) is 6.07 Å². The van der Waals surface area contributed by atoms with Crippen LogP contribution in [0.15, 0.2) is 54.6 Å². The molecule has 104 valence electrons. The van der Waals surface area contributed by atoms with E-state index in [9.17, 15) is 5.11 Å². The van der Waals surface area contributed by atoms with Crippen molar-refractivity contribution in [2.45, 2.75) is 25.3 Å². The lowest BCUT2D eigenvalue weighted by molar-refractivity contribution is -0.933. The van der Waals surface area contributed by atoms with Crippen LogP contribution in [0.1, 0.15) is 30.4 Å². The maximum absolute atomic E-state index is 10.0. The average molecular weight is 270 g/mol. The predicted molar refractivity (Wildman–Crippen MR) is 77.5 cm³/mol. The number of nitrogens with one attached hydrogen (secondary N) is 1. The van der Waals surface area contributed by atoms with Crippen molar-refractivity contribution in [3.05, 3.63) is 65.7 Å². The Morgan fingerprint density at radius 1 is 1.00 bits per heavy atom. The lowest BCUT2D eigenvalue weighted by Gasteiger charge is -2.19. The van der Waals surface area contributed by atoms with E-state index in [2.05, 4.69) is 26.1 Å². The number of aromatic hydroxyl groups is 1. The van der Waals surface area contributed by atoms with E-state index in [4.69, 9.17) is 4.74 Å². The molecule has 0 aromatic heterocycles. The van der Waals surface area contributed by atoms with Crippen LogP contribution in [-0.2, 0) is 4.74 Å². The molecule has 3 rings (SSSR count). The van der Waals surface area contributed by atoms with Crippen LogP contribution in [0.4, 0.5) is 0 Å². The van der Waals surface area contributed by atoms with Crippen molar-refractivity contribution in [1.82, 2.24) is 0 Å². The summed E-state index contributed by atoms with van der Waals surface area (Å²) in [6, 6.07) is 18.0. The number of quaternary nitrogens is 1. The van der Waals surface area contributed by atoms with Crippen LogP contribution >= 0.6 is 0 Å². The molecule has 4 atom stereocenters. The van der Waals surface area contributed by atoms with Gasteiger partial charge in [-0.05, 0) is 24.6 Å². The molecule has 1 unspecified atom stereocenters.